The third kappa shape index (κ3) is 3.87. The van der Waals surface area contributed by atoms with Crippen LogP contribution in [0, 0.1) is 6.92 Å². The van der Waals surface area contributed by atoms with Gasteiger partial charge in [0.15, 0.2) is 0 Å². The van der Waals surface area contributed by atoms with Crippen LogP contribution < -0.4 is 0 Å². The molecule has 28 heavy (non-hydrogen) atoms. The molecule has 1 saturated heterocycles. The first kappa shape index (κ1) is 18.9. The molecule has 0 amide bonds. The zero-order valence-corrected chi connectivity index (χ0v) is 16.5. The van der Waals surface area contributed by atoms with Crippen LogP contribution in [0.15, 0.2) is 89.8 Å². The molecule has 5 heteroatoms. The molecule has 0 bridgehead atoms. The minimum absolute atomic E-state index is 0.282. The minimum atomic E-state index is -3.66. The summed E-state index contributed by atoms with van der Waals surface area (Å²) in [4.78, 5) is 0.300. The van der Waals surface area contributed by atoms with E-state index in [1.54, 1.807) is 12.1 Å². The molecule has 2 atom stereocenters. The Morgan fingerprint density at radius 1 is 0.893 bits per heavy atom. The Morgan fingerprint density at radius 3 is 2.14 bits per heavy atom. The average Bonchev–Trinajstić information content (AvgIpc) is 3.14. The predicted molar refractivity (Wildman–Crippen MR) is 109 cm³/mol. The second-order valence-corrected chi connectivity index (χ2v) is 8.96. The third-order valence-electron chi connectivity index (χ3n) is 5.04. The maximum Gasteiger partial charge on any atom is 0.245 e. The number of benzene rings is 3. The van der Waals surface area contributed by atoms with E-state index in [1.165, 1.54) is 4.31 Å². The van der Waals surface area contributed by atoms with Gasteiger partial charge < -0.3 is 4.74 Å². The van der Waals surface area contributed by atoms with Crippen molar-refractivity contribution in [3.05, 3.63) is 102 Å². The van der Waals surface area contributed by atoms with Crippen LogP contribution in [-0.2, 0) is 21.2 Å². The summed E-state index contributed by atoms with van der Waals surface area (Å²) in [6.07, 6.45) is -0.316. The van der Waals surface area contributed by atoms with Gasteiger partial charge in [-0.2, -0.15) is 4.31 Å². The molecular formula is C23H23NO3S. The molecule has 1 heterocycles. The maximum atomic E-state index is 13.4. The van der Waals surface area contributed by atoms with Gasteiger partial charge in [0.2, 0.25) is 10.0 Å². The lowest BCUT2D eigenvalue weighted by atomic mass is 10.1. The number of nitrogens with zero attached hydrogens (tertiary/aromatic N) is 1. The molecular weight excluding hydrogens is 370 g/mol. The first-order chi connectivity index (χ1) is 13.5. The zero-order valence-electron chi connectivity index (χ0n) is 15.7. The summed E-state index contributed by atoms with van der Waals surface area (Å²) in [5.74, 6) is 0. The highest BCUT2D eigenvalue weighted by molar-refractivity contribution is 7.89. The van der Waals surface area contributed by atoms with Crippen LogP contribution >= 0.6 is 0 Å². The number of aryl methyl sites for hydroxylation is 1. The Balaban J connectivity index is 1.67. The smallest absolute Gasteiger partial charge is 0.245 e. The molecule has 1 aliphatic rings. The number of rotatable bonds is 5. The molecule has 1 aliphatic heterocycles. The van der Waals surface area contributed by atoms with Crippen molar-refractivity contribution in [3.63, 3.8) is 0 Å². The van der Waals surface area contributed by atoms with Gasteiger partial charge >= 0.3 is 0 Å². The van der Waals surface area contributed by atoms with Crippen molar-refractivity contribution in [2.75, 3.05) is 6.54 Å². The highest BCUT2D eigenvalue weighted by Gasteiger charge is 2.41. The van der Waals surface area contributed by atoms with Crippen molar-refractivity contribution in [2.24, 2.45) is 0 Å². The summed E-state index contributed by atoms with van der Waals surface area (Å²) in [5.41, 5.74) is 3.06. The summed E-state index contributed by atoms with van der Waals surface area (Å²) >= 11 is 0. The largest absolute Gasteiger partial charge is 0.352 e. The number of ether oxygens (including phenoxy) is 1. The maximum absolute atomic E-state index is 13.4. The van der Waals surface area contributed by atoms with E-state index in [0.717, 1.165) is 16.7 Å². The van der Waals surface area contributed by atoms with Crippen LogP contribution in [0.25, 0.3) is 0 Å². The van der Waals surface area contributed by atoms with Crippen LogP contribution in [0.1, 0.15) is 22.8 Å². The van der Waals surface area contributed by atoms with Gasteiger partial charge in [-0.05, 0) is 30.2 Å². The van der Waals surface area contributed by atoms with Crippen LogP contribution in [0.5, 0.6) is 0 Å². The zero-order chi connectivity index (χ0) is 19.6. The summed E-state index contributed by atoms with van der Waals surface area (Å²) in [6.45, 7) is 2.25. The molecule has 0 aromatic heterocycles. The molecule has 0 N–H and O–H groups in total. The van der Waals surface area contributed by atoms with Crippen molar-refractivity contribution in [1.82, 2.24) is 4.31 Å². The lowest BCUT2D eigenvalue weighted by molar-refractivity contribution is 0.0220. The summed E-state index contributed by atoms with van der Waals surface area (Å²) < 4.78 is 34.5. The quantitative estimate of drug-likeness (QED) is 0.648. The molecule has 0 saturated carbocycles. The topological polar surface area (TPSA) is 46.6 Å². The molecule has 0 aliphatic carbocycles. The molecule has 1 fully saturated rings. The first-order valence-electron chi connectivity index (χ1n) is 9.37. The normalized spacial score (nSPS) is 20.3. The second kappa shape index (κ2) is 7.87. The lowest BCUT2D eigenvalue weighted by Gasteiger charge is -2.22. The minimum Gasteiger partial charge on any atom is -0.352 e. The van der Waals surface area contributed by atoms with Gasteiger partial charge in [0.1, 0.15) is 6.23 Å². The van der Waals surface area contributed by atoms with Crippen LogP contribution in [-0.4, -0.2) is 25.5 Å². The highest BCUT2D eigenvalue weighted by atomic mass is 32.2. The molecule has 3 aromatic rings. The van der Waals surface area contributed by atoms with E-state index in [2.05, 4.69) is 0 Å². The van der Waals surface area contributed by atoms with Gasteiger partial charge in [-0.3, -0.25) is 0 Å². The van der Waals surface area contributed by atoms with E-state index in [-0.39, 0.29) is 6.10 Å². The van der Waals surface area contributed by atoms with Crippen molar-refractivity contribution < 1.29 is 13.2 Å². The highest BCUT2D eigenvalue weighted by Crippen LogP contribution is 2.34. The molecule has 0 radical (unpaired) electrons. The predicted octanol–water partition coefficient (Wildman–Crippen LogP) is 4.33. The molecule has 0 spiro atoms. The van der Waals surface area contributed by atoms with Gasteiger partial charge in [0, 0.05) is 13.0 Å². The Labute approximate surface area is 166 Å². The average molecular weight is 394 g/mol. The van der Waals surface area contributed by atoms with Crippen LogP contribution in [0.3, 0.4) is 0 Å². The van der Waals surface area contributed by atoms with Crippen molar-refractivity contribution in [1.29, 1.82) is 0 Å². The first-order valence-corrected chi connectivity index (χ1v) is 10.8. The molecule has 144 valence electrons. The van der Waals surface area contributed by atoms with E-state index in [4.69, 9.17) is 4.74 Å². The Hall–Kier alpha value is -2.47. The Morgan fingerprint density at radius 2 is 1.50 bits per heavy atom. The van der Waals surface area contributed by atoms with Crippen molar-refractivity contribution in [3.8, 4) is 0 Å². The second-order valence-electron chi connectivity index (χ2n) is 7.07. The van der Waals surface area contributed by atoms with E-state index in [0.29, 0.717) is 17.9 Å². The van der Waals surface area contributed by atoms with Crippen molar-refractivity contribution in [2.45, 2.75) is 30.6 Å². The fraction of sp³-hybridized carbons (Fsp3) is 0.217. The Bertz CT molecular complexity index is 1020. The molecule has 4 rings (SSSR count). The molecule has 4 nitrogen and oxygen atoms in total. The standard InChI is InChI=1S/C23H23NO3S/c1-18-12-14-21(15-13-18)28(25,26)24-17-22(20-10-6-3-7-11-20)27-23(24)16-19-8-4-2-5-9-19/h2-15,22-23H,16-17H2,1H3/t22-,23+/m0/s1. The monoisotopic (exact) mass is 393 g/mol. The van der Waals surface area contributed by atoms with E-state index in [9.17, 15) is 8.42 Å². The van der Waals surface area contributed by atoms with Gasteiger partial charge in [-0.15, -0.1) is 0 Å². The van der Waals surface area contributed by atoms with Gasteiger partial charge in [-0.25, -0.2) is 8.42 Å². The summed E-state index contributed by atoms with van der Waals surface area (Å²) in [7, 11) is -3.66. The Kier molecular flexibility index (Phi) is 5.31. The fourth-order valence-corrected chi connectivity index (χ4v) is 5.01. The molecule has 3 aromatic carbocycles. The number of hydrogen-bond donors (Lipinski definition) is 0. The van der Waals surface area contributed by atoms with Gasteiger partial charge in [-0.1, -0.05) is 78.4 Å². The lowest BCUT2D eigenvalue weighted by Crippen LogP contribution is -2.37. The van der Waals surface area contributed by atoms with Gasteiger partial charge in [0.05, 0.1) is 11.0 Å². The van der Waals surface area contributed by atoms with E-state index < -0.39 is 16.3 Å². The number of hydrogen-bond acceptors (Lipinski definition) is 3. The SMILES string of the molecule is Cc1ccc(S(=O)(=O)N2C[C@@H](c3ccccc3)O[C@@H]2Cc2ccccc2)cc1. The van der Waals surface area contributed by atoms with E-state index in [1.807, 2.05) is 79.7 Å². The van der Waals surface area contributed by atoms with E-state index >= 15 is 0 Å². The van der Waals surface area contributed by atoms with Gasteiger partial charge in [0.25, 0.3) is 0 Å². The van der Waals surface area contributed by atoms with Crippen LogP contribution in [0.2, 0.25) is 0 Å². The molecule has 0 unspecified atom stereocenters. The fourth-order valence-electron chi connectivity index (χ4n) is 3.50. The summed E-state index contributed by atoms with van der Waals surface area (Å²) in [5, 5.41) is 0. The van der Waals surface area contributed by atoms with Crippen molar-refractivity contribution >= 4 is 10.0 Å². The van der Waals surface area contributed by atoms with Crippen LogP contribution in [0.4, 0.5) is 0 Å². The summed E-state index contributed by atoms with van der Waals surface area (Å²) in [6, 6.07) is 26.6. The number of sulfonamides is 1. The third-order valence-corrected chi connectivity index (χ3v) is 6.91.